The second kappa shape index (κ2) is 6.70. The molecule has 2 rings (SSSR count). The minimum absolute atomic E-state index is 0.0491. The molecule has 2 aromatic carbocycles. The molecule has 10 heteroatoms. The first kappa shape index (κ1) is 18.1. The SMILES string of the molecule is CSc1ccc(Cl)cc1S(=O)(=O)Nc1ccc(S(N)(=O)=O)cc1. The first-order chi connectivity index (χ1) is 10.6. The van der Waals surface area contributed by atoms with Crippen LogP contribution in [0.2, 0.25) is 5.02 Å². The van der Waals surface area contributed by atoms with Crippen molar-refractivity contribution < 1.29 is 16.8 Å². The second-order valence-electron chi connectivity index (χ2n) is 4.47. The molecule has 124 valence electrons. The molecule has 0 saturated carbocycles. The molecule has 0 saturated heterocycles. The minimum atomic E-state index is -3.86. The molecule has 0 aliphatic heterocycles. The van der Waals surface area contributed by atoms with E-state index in [2.05, 4.69) is 4.72 Å². The van der Waals surface area contributed by atoms with E-state index in [0.717, 1.165) is 0 Å². The van der Waals surface area contributed by atoms with Gasteiger partial charge in [0, 0.05) is 15.6 Å². The lowest BCUT2D eigenvalue weighted by molar-refractivity contribution is 0.597. The fraction of sp³-hybridized carbons (Fsp3) is 0.0769. The quantitative estimate of drug-likeness (QED) is 0.760. The summed E-state index contributed by atoms with van der Waals surface area (Å²) in [5.74, 6) is 0. The maximum Gasteiger partial charge on any atom is 0.263 e. The molecule has 0 bridgehead atoms. The summed E-state index contributed by atoms with van der Waals surface area (Å²) in [5, 5.41) is 5.29. The number of benzene rings is 2. The molecule has 0 atom stereocenters. The van der Waals surface area contributed by atoms with Gasteiger partial charge < -0.3 is 0 Å². The smallest absolute Gasteiger partial charge is 0.263 e. The number of rotatable bonds is 5. The van der Waals surface area contributed by atoms with Crippen molar-refractivity contribution in [1.82, 2.24) is 0 Å². The number of nitrogens with two attached hydrogens (primary N) is 1. The van der Waals surface area contributed by atoms with Crippen molar-refractivity contribution in [3.05, 3.63) is 47.5 Å². The van der Waals surface area contributed by atoms with Gasteiger partial charge in [0.15, 0.2) is 0 Å². The van der Waals surface area contributed by atoms with Crippen LogP contribution in [-0.4, -0.2) is 23.1 Å². The highest BCUT2D eigenvalue weighted by Crippen LogP contribution is 2.29. The van der Waals surface area contributed by atoms with E-state index in [1.165, 1.54) is 42.1 Å². The minimum Gasteiger partial charge on any atom is -0.280 e. The molecule has 0 aliphatic carbocycles. The van der Waals surface area contributed by atoms with Crippen molar-refractivity contribution in [3.8, 4) is 0 Å². The maximum absolute atomic E-state index is 12.5. The molecule has 0 heterocycles. The number of hydrogen-bond acceptors (Lipinski definition) is 5. The van der Waals surface area contributed by atoms with Crippen molar-refractivity contribution >= 4 is 49.1 Å². The molecular weight excluding hydrogens is 380 g/mol. The number of primary sulfonamides is 1. The number of anilines is 1. The highest BCUT2D eigenvalue weighted by molar-refractivity contribution is 7.99. The first-order valence-electron chi connectivity index (χ1n) is 6.13. The van der Waals surface area contributed by atoms with Crippen LogP contribution in [0, 0.1) is 0 Å². The summed E-state index contributed by atoms with van der Waals surface area (Å²) in [6.07, 6.45) is 1.75. The van der Waals surface area contributed by atoms with Crippen molar-refractivity contribution in [3.63, 3.8) is 0 Å². The summed E-state index contributed by atoms with van der Waals surface area (Å²) in [4.78, 5) is 0.490. The summed E-state index contributed by atoms with van der Waals surface area (Å²) in [5.41, 5.74) is 0.212. The van der Waals surface area contributed by atoms with Crippen LogP contribution in [0.3, 0.4) is 0 Å². The Morgan fingerprint density at radius 2 is 1.65 bits per heavy atom. The van der Waals surface area contributed by atoms with Gasteiger partial charge in [-0.1, -0.05) is 11.6 Å². The first-order valence-corrected chi connectivity index (χ1v) is 10.8. The second-order valence-corrected chi connectivity index (χ2v) is 8.97. The van der Waals surface area contributed by atoms with Gasteiger partial charge in [0.2, 0.25) is 10.0 Å². The van der Waals surface area contributed by atoms with Gasteiger partial charge in [-0.3, -0.25) is 4.72 Å². The Morgan fingerprint density at radius 1 is 1.04 bits per heavy atom. The molecule has 0 unspecified atom stereocenters. The molecule has 0 aromatic heterocycles. The maximum atomic E-state index is 12.5. The van der Waals surface area contributed by atoms with Crippen LogP contribution in [0.4, 0.5) is 5.69 Å². The van der Waals surface area contributed by atoms with Gasteiger partial charge in [0.05, 0.1) is 4.90 Å². The van der Waals surface area contributed by atoms with Gasteiger partial charge in [-0.05, 0) is 48.7 Å². The van der Waals surface area contributed by atoms with Gasteiger partial charge in [-0.25, -0.2) is 22.0 Å². The molecule has 0 fully saturated rings. The monoisotopic (exact) mass is 392 g/mol. The average molecular weight is 393 g/mol. The fourth-order valence-electron chi connectivity index (χ4n) is 1.78. The molecule has 6 nitrogen and oxygen atoms in total. The number of thioether (sulfide) groups is 1. The van der Waals surface area contributed by atoms with Crippen LogP contribution >= 0.6 is 23.4 Å². The molecule has 0 aliphatic rings. The Kier molecular flexibility index (Phi) is 5.27. The van der Waals surface area contributed by atoms with E-state index in [0.29, 0.717) is 9.92 Å². The summed E-state index contributed by atoms with van der Waals surface area (Å²) in [6.45, 7) is 0. The number of halogens is 1. The predicted molar refractivity (Wildman–Crippen MR) is 91.9 cm³/mol. The van der Waals surface area contributed by atoms with E-state index in [1.807, 2.05) is 0 Å². The lowest BCUT2D eigenvalue weighted by atomic mass is 10.3. The van der Waals surface area contributed by atoms with E-state index in [-0.39, 0.29) is 15.5 Å². The van der Waals surface area contributed by atoms with Crippen LogP contribution in [-0.2, 0) is 20.0 Å². The standard InChI is InChI=1S/C13H13ClN2O4S3/c1-21-12-7-2-9(14)8-13(12)23(19,20)16-10-3-5-11(6-4-10)22(15,17)18/h2-8,16H,1H3,(H2,15,17,18). The molecular formula is C13H13ClN2O4S3. The highest BCUT2D eigenvalue weighted by atomic mass is 35.5. The van der Waals surface area contributed by atoms with E-state index in [9.17, 15) is 16.8 Å². The Labute approximate surface area is 144 Å². The van der Waals surface area contributed by atoms with Crippen LogP contribution in [0.25, 0.3) is 0 Å². The van der Waals surface area contributed by atoms with Gasteiger partial charge in [0.25, 0.3) is 10.0 Å². The van der Waals surface area contributed by atoms with Crippen LogP contribution in [0.15, 0.2) is 57.2 Å². The number of nitrogens with one attached hydrogen (secondary N) is 1. The van der Waals surface area contributed by atoms with Crippen molar-refractivity contribution in [2.75, 3.05) is 11.0 Å². The van der Waals surface area contributed by atoms with Gasteiger partial charge >= 0.3 is 0 Å². The summed E-state index contributed by atoms with van der Waals surface area (Å²) < 4.78 is 49.7. The number of sulfonamides is 2. The zero-order chi connectivity index (χ0) is 17.3. The molecule has 2 aromatic rings. The lowest BCUT2D eigenvalue weighted by Gasteiger charge is -2.12. The highest BCUT2D eigenvalue weighted by Gasteiger charge is 2.19. The third-order valence-electron chi connectivity index (χ3n) is 2.85. The topological polar surface area (TPSA) is 106 Å². The van der Waals surface area contributed by atoms with Crippen LogP contribution in [0.1, 0.15) is 0 Å². The van der Waals surface area contributed by atoms with E-state index in [1.54, 1.807) is 18.4 Å². The summed E-state index contributed by atoms with van der Waals surface area (Å²) in [6, 6.07) is 9.66. The Hall–Kier alpha value is -1.26. The van der Waals surface area contributed by atoms with Crippen LogP contribution < -0.4 is 9.86 Å². The van der Waals surface area contributed by atoms with Crippen molar-refractivity contribution in [1.29, 1.82) is 0 Å². The summed E-state index contributed by atoms with van der Waals surface area (Å²) in [7, 11) is -7.69. The molecule has 23 heavy (non-hydrogen) atoms. The molecule has 0 amide bonds. The van der Waals surface area contributed by atoms with Crippen molar-refractivity contribution in [2.45, 2.75) is 14.7 Å². The lowest BCUT2D eigenvalue weighted by Crippen LogP contribution is -2.15. The van der Waals surface area contributed by atoms with Gasteiger partial charge in [-0.15, -0.1) is 11.8 Å². The molecule has 0 spiro atoms. The van der Waals surface area contributed by atoms with Gasteiger partial charge in [-0.2, -0.15) is 0 Å². The van der Waals surface area contributed by atoms with E-state index >= 15 is 0 Å². The summed E-state index contributed by atoms with van der Waals surface area (Å²) >= 11 is 7.15. The Bertz CT molecular complexity index is 926. The molecule has 3 N–H and O–H groups in total. The predicted octanol–water partition coefficient (Wildman–Crippen LogP) is 2.51. The zero-order valence-electron chi connectivity index (χ0n) is 11.9. The average Bonchev–Trinajstić information content (AvgIpc) is 2.46. The van der Waals surface area contributed by atoms with Crippen molar-refractivity contribution in [2.24, 2.45) is 5.14 Å². The van der Waals surface area contributed by atoms with Crippen LogP contribution in [0.5, 0.6) is 0 Å². The van der Waals surface area contributed by atoms with Gasteiger partial charge in [0.1, 0.15) is 4.90 Å². The Morgan fingerprint density at radius 3 is 2.17 bits per heavy atom. The van der Waals surface area contributed by atoms with E-state index < -0.39 is 20.0 Å². The third kappa shape index (κ3) is 4.39. The van der Waals surface area contributed by atoms with E-state index in [4.69, 9.17) is 16.7 Å². The number of hydrogen-bond donors (Lipinski definition) is 2. The largest absolute Gasteiger partial charge is 0.280 e. The molecule has 0 radical (unpaired) electrons. The normalized spacial score (nSPS) is 12.1. The Balaban J connectivity index is 2.37. The zero-order valence-corrected chi connectivity index (χ0v) is 15.1. The fourth-order valence-corrected chi connectivity index (χ4v) is 4.75. The third-order valence-corrected chi connectivity index (χ3v) is 6.36.